The minimum absolute atomic E-state index is 0. The molecule has 0 spiro atoms. The first-order chi connectivity index (χ1) is 23.3. The van der Waals surface area contributed by atoms with E-state index in [0.29, 0.717) is 17.4 Å². The summed E-state index contributed by atoms with van der Waals surface area (Å²) >= 11 is 0. The number of benzene rings is 5. The predicted molar refractivity (Wildman–Crippen MR) is 191 cm³/mol. The number of para-hydroxylation sites is 1. The maximum absolute atomic E-state index is 6.60. The van der Waals surface area contributed by atoms with Crippen LogP contribution in [0.25, 0.3) is 0 Å². The van der Waals surface area contributed by atoms with Crippen molar-refractivity contribution in [3.8, 4) is 11.5 Å². The van der Waals surface area contributed by atoms with Gasteiger partial charge in [-0.15, -0.1) is 29.8 Å². The molecule has 6 aromatic rings. The van der Waals surface area contributed by atoms with Gasteiger partial charge in [-0.25, -0.2) is 4.98 Å². The number of nitrogens with zero attached hydrogens (tertiary/aromatic N) is 3. The average Bonchev–Trinajstić information content (AvgIpc) is 3.55. The van der Waals surface area contributed by atoms with Gasteiger partial charge in [-0.2, -0.15) is 5.56 Å². The summed E-state index contributed by atoms with van der Waals surface area (Å²) in [5.41, 5.74) is 9.15. The Labute approximate surface area is 302 Å². The van der Waals surface area contributed by atoms with Gasteiger partial charge in [0.25, 0.3) is 0 Å². The van der Waals surface area contributed by atoms with Crippen LogP contribution in [0.3, 0.4) is 0 Å². The van der Waals surface area contributed by atoms with Crippen LogP contribution in [0.2, 0.25) is 0 Å². The van der Waals surface area contributed by atoms with Crippen molar-refractivity contribution in [2.75, 3.05) is 4.90 Å². The number of aliphatic imine (C=N–C) groups is 1. The molecule has 49 heavy (non-hydrogen) atoms. The van der Waals surface area contributed by atoms with Crippen LogP contribution in [-0.2, 0) is 31.2 Å². The predicted octanol–water partition coefficient (Wildman–Crippen LogP) is 10.5. The van der Waals surface area contributed by atoms with Gasteiger partial charge in [-0.05, 0) is 28.8 Å². The van der Waals surface area contributed by atoms with E-state index in [1.807, 2.05) is 73.8 Å². The fraction of sp³-hybridized carbons (Fsp3) is 0.163. The van der Waals surface area contributed by atoms with Crippen molar-refractivity contribution in [2.24, 2.45) is 4.99 Å². The van der Waals surface area contributed by atoms with Crippen molar-refractivity contribution >= 4 is 23.1 Å². The molecule has 0 radical (unpaired) electrons. The maximum Gasteiger partial charge on any atom is 2.00 e. The number of aromatic nitrogens is 1. The van der Waals surface area contributed by atoms with Crippen LogP contribution < -0.4 is 9.64 Å². The van der Waals surface area contributed by atoms with E-state index in [4.69, 9.17) is 19.5 Å². The zero-order valence-electron chi connectivity index (χ0n) is 27.8. The van der Waals surface area contributed by atoms with Crippen molar-refractivity contribution in [2.45, 2.75) is 45.3 Å². The van der Waals surface area contributed by atoms with Gasteiger partial charge in [0.2, 0.25) is 0 Å². The second kappa shape index (κ2) is 13.1. The quantitative estimate of drug-likeness (QED) is 0.157. The Morgan fingerprint density at radius 1 is 0.714 bits per heavy atom. The number of hydrogen-bond donors (Lipinski definition) is 0. The van der Waals surface area contributed by atoms with Crippen LogP contribution in [0, 0.1) is 26.0 Å². The van der Waals surface area contributed by atoms with E-state index in [2.05, 4.69) is 98.5 Å². The van der Waals surface area contributed by atoms with E-state index < -0.39 is 0 Å². The summed E-state index contributed by atoms with van der Waals surface area (Å²) in [4.78, 5) is 12.2. The second-order valence-electron chi connectivity index (χ2n) is 13.0. The normalized spacial score (nSPS) is 17.2. The number of rotatable bonds is 6. The van der Waals surface area contributed by atoms with E-state index in [1.165, 1.54) is 5.56 Å². The molecule has 0 unspecified atom stereocenters. The first-order valence-corrected chi connectivity index (χ1v) is 16.3. The molecule has 0 aliphatic carbocycles. The Hall–Kier alpha value is -4.99. The third kappa shape index (κ3) is 6.09. The fourth-order valence-electron chi connectivity index (χ4n) is 6.91. The maximum atomic E-state index is 6.60. The van der Waals surface area contributed by atoms with Gasteiger partial charge in [0.05, 0.1) is 0 Å². The fourth-order valence-corrected chi connectivity index (χ4v) is 6.91. The number of anilines is 3. The molecule has 6 heteroatoms. The zero-order chi connectivity index (χ0) is 32.8. The van der Waals surface area contributed by atoms with Crippen LogP contribution in [0.1, 0.15) is 64.9 Å². The summed E-state index contributed by atoms with van der Waals surface area (Å²) in [7, 11) is 0. The largest absolute Gasteiger partial charge is 2.00 e. The van der Waals surface area contributed by atoms with E-state index in [0.717, 1.165) is 50.6 Å². The molecule has 5 nitrogen and oxygen atoms in total. The molecule has 5 aromatic carbocycles. The number of hydrogen-bond acceptors (Lipinski definition) is 5. The Morgan fingerprint density at radius 2 is 1.35 bits per heavy atom. The van der Waals surface area contributed by atoms with Gasteiger partial charge in [0.1, 0.15) is 23.9 Å². The Morgan fingerprint density at radius 3 is 2.10 bits per heavy atom. The zero-order valence-corrected chi connectivity index (χ0v) is 30.0. The van der Waals surface area contributed by atoms with E-state index in [1.54, 1.807) is 0 Å². The Kier molecular flexibility index (Phi) is 8.73. The smallest absolute Gasteiger partial charge is 0.510 e. The molecule has 3 heterocycles. The van der Waals surface area contributed by atoms with Crippen molar-refractivity contribution in [1.29, 1.82) is 0 Å². The first kappa shape index (κ1) is 32.6. The van der Waals surface area contributed by atoms with Gasteiger partial charge in [-0.3, -0.25) is 4.99 Å². The van der Waals surface area contributed by atoms with E-state index >= 15 is 0 Å². The standard InChI is InChI=1S/C43H35N3O2.Pt/c1-28-22-32(42-45-39(30-14-7-5-8-15-30)40(48-42)31-16-9-6-10-17-31)26-34(24-28)47-35-25-29(2)23-33(27-35)46-38-20-12-11-18-36(38)43(3,4)37-19-13-21-44-41(37)46;/h5-25,39-40H,1-4H3;/q-2;+2/t39-,40-;/m1./s1. The first-order valence-electron chi connectivity index (χ1n) is 16.3. The monoisotopic (exact) mass is 820 g/mol. The molecule has 0 amide bonds. The van der Waals surface area contributed by atoms with Crippen LogP contribution >= 0.6 is 0 Å². The van der Waals surface area contributed by atoms with E-state index in [9.17, 15) is 0 Å². The summed E-state index contributed by atoms with van der Waals surface area (Å²) in [6.07, 6.45) is 1.61. The molecule has 8 rings (SSSR count). The van der Waals surface area contributed by atoms with Gasteiger partial charge in [0.15, 0.2) is 0 Å². The minimum Gasteiger partial charge on any atom is -0.510 e. The Balaban J connectivity index is 0.00000378. The van der Waals surface area contributed by atoms with Crippen molar-refractivity contribution in [1.82, 2.24) is 4.98 Å². The number of aryl methyl sites for hydroxylation is 2. The van der Waals surface area contributed by atoms with Crippen LogP contribution in [0.5, 0.6) is 11.5 Å². The topological polar surface area (TPSA) is 47.0 Å². The molecule has 2 atom stereocenters. The Bertz CT molecular complexity index is 2110. The van der Waals surface area contributed by atoms with Gasteiger partial charge in [0, 0.05) is 34.4 Å². The molecule has 2 aliphatic rings. The molecule has 0 saturated heterocycles. The van der Waals surface area contributed by atoms with Crippen molar-refractivity contribution < 1.29 is 30.5 Å². The number of pyridine rings is 1. The van der Waals surface area contributed by atoms with Crippen LogP contribution in [-0.4, -0.2) is 10.9 Å². The van der Waals surface area contributed by atoms with Gasteiger partial charge in [-0.1, -0.05) is 136 Å². The van der Waals surface area contributed by atoms with Crippen LogP contribution in [0.4, 0.5) is 17.2 Å². The molecule has 0 saturated carbocycles. The summed E-state index contributed by atoms with van der Waals surface area (Å²) in [6.45, 7) is 8.63. The molecular weight excluding hydrogens is 786 g/mol. The average molecular weight is 821 g/mol. The van der Waals surface area contributed by atoms with Crippen molar-refractivity contribution in [3.05, 3.63) is 179 Å². The number of ether oxygens (including phenoxy) is 2. The summed E-state index contributed by atoms with van der Waals surface area (Å²) < 4.78 is 13.1. The molecular formula is C43H35N3O2Pt. The molecule has 0 bridgehead atoms. The second-order valence-corrected chi connectivity index (χ2v) is 13.0. The molecule has 244 valence electrons. The van der Waals surface area contributed by atoms with Gasteiger partial charge < -0.3 is 14.4 Å². The van der Waals surface area contributed by atoms with Gasteiger partial charge >= 0.3 is 21.1 Å². The third-order valence-electron chi connectivity index (χ3n) is 9.20. The summed E-state index contributed by atoms with van der Waals surface area (Å²) in [5, 5.41) is 0. The molecule has 0 N–H and O–H groups in total. The van der Waals surface area contributed by atoms with Crippen LogP contribution in [0.15, 0.2) is 133 Å². The SMILES string of the molecule is Cc1cc(Oc2[c-]c(N3c4ccccc4C(C)(C)c4cccnc43)cc(C)c2)[c-]c(C2=N[C@H](c3ccccc3)[C@@H](c3ccccc3)O2)c1.[Pt+2]. The third-order valence-corrected chi connectivity index (χ3v) is 9.20. The molecule has 0 fully saturated rings. The molecule has 1 aromatic heterocycles. The minimum atomic E-state index is -0.247. The number of fused-ring (bicyclic) bond motifs is 2. The summed E-state index contributed by atoms with van der Waals surface area (Å²) in [5.74, 6) is 2.62. The van der Waals surface area contributed by atoms with E-state index in [-0.39, 0.29) is 38.6 Å². The molecule has 2 aliphatic heterocycles. The van der Waals surface area contributed by atoms with Crippen molar-refractivity contribution in [3.63, 3.8) is 0 Å². The summed E-state index contributed by atoms with van der Waals surface area (Å²) in [6, 6.07) is 48.3.